The van der Waals surface area contributed by atoms with Crippen LogP contribution in [0.5, 0.6) is 0 Å². The number of nitrogens with zero attached hydrogens (tertiary/aromatic N) is 1. The Balaban J connectivity index is 1.96. The molecule has 1 heterocycles. The summed E-state index contributed by atoms with van der Waals surface area (Å²) in [7, 11) is 0. The van der Waals surface area contributed by atoms with Gasteiger partial charge in [-0.1, -0.05) is 0 Å². The van der Waals surface area contributed by atoms with E-state index in [2.05, 4.69) is 5.32 Å². The van der Waals surface area contributed by atoms with Crippen LogP contribution in [0.1, 0.15) is 37.0 Å². The highest BCUT2D eigenvalue weighted by molar-refractivity contribution is 5.95. The lowest BCUT2D eigenvalue weighted by Crippen LogP contribution is -2.42. The van der Waals surface area contributed by atoms with Crippen LogP contribution >= 0.6 is 0 Å². The van der Waals surface area contributed by atoms with Crippen molar-refractivity contribution in [2.45, 2.75) is 32.7 Å². The number of likely N-dealkylation sites (tertiary alicyclic amines) is 1. The highest BCUT2D eigenvalue weighted by Gasteiger charge is 2.25. The van der Waals surface area contributed by atoms with Crippen molar-refractivity contribution in [3.63, 3.8) is 0 Å². The summed E-state index contributed by atoms with van der Waals surface area (Å²) in [6.07, 6.45) is 1.93. The molecule has 3 N–H and O–H groups in total. The number of amides is 2. The topological polar surface area (TPSA) is 75.4 Å². The van der Waals surface area contributed by atoms with Crippen molar-refractivity contribution in [2.24, 2.45) is 11.7 Å². The molecule has 5 nitrogen and oxygen atoms in total. The fourth-order valence-electron chi connectivity index (χ4n) is 2.71. The van der Waals surface area contributed by atoms with Gasteiger partial charge in [-0.15, -0.1) is 0 Å². The molecule has 21 heavy (non-hydrogen) atoms. The average Bonchev–Trinajstić information content (AvgIpc) is 2.47. The van der Waals surface area contributed by atoms with Gasteiger partial charge >= 0.3 is 0 Å². The Hall–Kier alpha value is -1.88. The van der Waals surface area contributed by atoms with Gasteiger partial charge in [0.1, 0.15) is 0 Å². The lowest BCUT2D eigenvalue weighted by Gasteiger charge is -2.33. The first-order valence-corrected chi connectivity index (χ1v) is 7.40. The van der Waals surface area contributed by atoms with E-state index in [0.717, 1.165) is 25.9 Å². The Kier molecular flexibility index (Phi) is 4.96. The van der Waals surface area contributed by atoms with Gasteiger partial charge in [-0.05, 0) is 49.9 Å². The normalized spacial score (nSPS) is 17.4. The number of carbonyl (C=O) groups is 2. The van der Waals surface area contributed by atoms with E-state index >= 15 is 0 Å². The molecule has 0 aromatic heterocycles. The third kappa shape index (κ3) is 4.04. The summed E-state index contributed by atoms with van der Waals surface area (Å²) in [5.74, 6) is 0.441. The van der Waals surface area contributed by atoms with Gasteiger partial charge in [0.25, 0.3) is 5.91 Å². The number of anilines is 1. The summed E-state index contributed by atoms with van der Waals surface area (Å²) < 4.78 is 0. The minimum absolute atomic E-state index is 0.0486. The van der Waals surface area contributed by atoms with E-state index in [1.54, 1.807) is 24.3 Å². The SMILES string of the molecule is CC(=O)Nc1ccc(C(=O)N2CCC(C(C)N)CC2)cc1. The molecule has 1 aliphatic heterocycles. The number of hydrogen-bond acceptors (Lipinski definition) is 3. The molecule has 1 fully saturated rings. The lowest BCUT2D eigenvalue weighted by atomic mass is 9.90. The Bertz CT molecular complexity index is 503. The largest absolute Gasteiger partial charge is 0.339 e. The second-order valence-electron chi connectivity index (χ2n) is 5.75. The molecule has 1 atom stereocenters. The molecule has 2 rings (SSSR count). The van der Waals surface area contributed by atoms with E-state index in [9.17, 15) is 9.59 Å². The van der Waals surface area contributed by atoms with Gasteiger partial charge in [-0.2, -0.15) is 0 Å². The number of rotatable bonds is 3. The van der Waals surface area contributed by atoms with Gasteiger partial charge in [0, 0.05) is 37.3 Å². The zero-order valence-corrected chi connectivity index (χ0v) is 12.6. The minimum Gasteiger partial charge on any atom is -0.339 e. The molecular weight excluding hydrogens is 266 g/mol. The summed E-state index contributed by atoms with van der Waals surface area (Å²) >= 11 is 0. The molecule has 1 aromatic carbocycles. The molecule has 0 spiro atoms. The molecule has 0 saturated carbocycles. The van der Waals surface area contributed by atoms with E-state index in [-0.39, 0.29) is 17.9 Å². The Morgan fingerprint density at radius 3 is 2.29 bits per heavy atom. The fourth-order valence-corrected chi connectivity index (χ4v) is 2.71. The van der Waals surface area contributed by atoms with E-state index in [0.29, 0.717) is 17.2 Å². The van der Waals surface area contributed by atoms with Crippen molar-refractivity contribution in [3.8, 4) is 0 Å². The Morgan fingerprint density at radius 2 is 1.81 bits per heavy atom. The van der Waals surface area contributed by atoms with Gasteiger partial charge in [-0.25, -0.2) is 0 Å². The summed E-state index contributed by atoms with van der Waals surface area (Å²) in [6, 6.07) is 7.21. The van der Waals surface area contributed by atoms with Gasteiger partial charge in [0.15, 0.2) is 0 Å². The number of carbonyl (C=O) groups excluding carboxylic acids is 2. The summed E-state index contributed by atoms with van der Waals surface area (Å²) in [5, 5.41) is 2.69. The first-order chi connectivity index (χ1) is 9.97. The van der Waals surface area contributed by atoms with Crippen LogP contribution in [-0.4, -0.2) is 35.8 Å². The fraction of sp³-hybridized carbons (Fsp3) is 0.500. The van der Waals surface area contributed by atoms with Gasteiger partial charge < -0.3 is 16.0 Å². The zero-order valence-electron chi connectivity index (χ0n) is 12.6. The number of hydrogen-bond donors (Lipinski definition) is 2. The van der Waals surface area contributed by atoms with Gasteiger partial charge in [0.05, 0.1) is 0 Å². The maximum absolute atomic E-state index is 12.4. The summed E-state index contributed by atoms with van der Waals surface area (Å²) in [6.45, 7) is 5.02. The molecule has 114 valence electrons. The predicted molar refractivity (Wildman–Crippen MR) is 83.0 cm³/mol. The van der Waals surface area contributed by atoms with Crippen LogP contribution in [0.15, 0.2) is 24.3 Å². The van der Waals surface area contributed by atoms with Gasteiger partial charge in [-0.3, -0.25) is 9.59 Å². The number of piperidine rings is 1. The monoisotopic (exact) mass is 289 g/mol. The second-order valence-corrected chi connectivity index (χ2v) is 5.75. The smallest absolute Gasteiger partial charge is 0.253 e. The zero-order chi connectivity index (χ0) is 15.4. The molecule has 0 bridgehead atoms. The summed E-state index contributed by atoms with van der Waals surface area (Å²) in [4.78, 5) is 25.3. The molecule has 1 saturated heterocycles. The van der Waals surface area contributed by atoms with Crippen LogP contribution in [0.2, 0.25) is 0 Å². The van der Waals surface area contributed by atoms with Crippen molar-refractivity contribution >= 4 is 17.5 Å². The molecule has 1 aliphatic rings. The molecule has 2 amide bonds. The third-order valence-corrected chi connectivity index (χ3v) is 4.02. The number of benzene rings is 1. The van der Waals surface area contributed by atoms with Crippen molar-refractivity contribution in [1.82, 2.24) is 4.90 Å². The van der Waals surface area contributed by atoms with Gasteiger partial charge in [0.2, 0.25) is 5.91 Å². The molecule has 1 aromatic rings. The molecule has 5 heteroatoms. The van der Waals surface area contributed by atoms with Crippen LogP contribution in [0.3, 0.4) is 0 Å². The van der Waals surface area contributed by atoms with Crippen LogP contribution in [-0.2, 0) is 4.79 Å². The molecule has 0 aliphatic carbocycles. The first kappa shape index (κ1) is 15.5. The lowest BCUT2D eigenvalue weighted by molar-refractivity contribution is -0.114. The van der Waals surface area contributed by atoms with Crippen LogP contribution in [0.25, 0.3) is 0 Å². The maximum Gasteiger partial charge on any atom is 0.253 e. The Morgan fingerprint density at radius 1 is 1.24 bits per heavy atom. The van der Waals surface area contributed by atoms with Crippen molar-refractivity contribution in [3.05, 3.63) is 29.8 Å². The highest BCUT2D eigenvalue weighted by atomic mass is 16.2. The third-order valence-electron chi connectivity index (χ3n) is 4.02. The van der Waals surface area contributed by atoms with Crippen LogP contribution in [0, 0.1) is 5.92 Å². The van der Waals surface area contributed by atoms with E-state index < -0.39 is 0 Å². The number of nitrogens with one attached hydrogen (secondary N) is 1. The molecular formula is C16H23N3O2. The summed E-state index contributed by atoms with van der Waals surface area (Å²) in [5.41, 5.74) is 7.28. The van der Waals surface area contributed by atoms with Crippen LogP contribution < -0.4 is 11.1 Å². The predicted octanol–water partition coefficient (Wildman–Crippen LogP) is 1.84. The standard InChI is InChI=1S/C16H23N3O2/c1-11(17)13-7-9-19(10-8-13)16(21)14-3-5-15(6-4-14)18-12(2)20/h3-6,11,13H,7-10,17H2,1-2H3,(H,18,20). The minimum atomic E-state index is -0.118. The van der Waals surface area contributed by atoms with E-state index in [1.165, 1.54) is 6.92 Å². The van der Waals surface area contributed by atoms with E-state index in [1.807, 2.05) is 11.8 Å². The highest BCUT2D eigenvalue weighted by Crippen LogP contribution is 2.21. The molecule has 1 unspecified atom stereocenters. The van der Waals surface area contributed by atoms with Crippen molar-refractivity contribution in [1.29, 1.82) is 0 Å². The number of nitrogens with two attached hydrogens (primary N) is 1. The van der Waals surface area contributed by atoms with Crippen molar-refractivity contribution in [2.75, 3.05) is 18.4 Å². The first-order valence-electron chi connectivity index (χ1n) is 7.40. The van der Waals surface area contributed by atoms with E-state index in [4.69, 9.17) is 5.73 Å². The van der Waals surface area contributed by atoms with Crippen LogP contribution in [0.4, 0.5) is 5.69 Å². The second kappa shape index (κ2) is 6.72. The molecule has 0 radical (unpaired) electrons. The average molecular weight is 289 g/mol. The quantitative estimate of drug-likeness (QED) is 0.891. The Labute approximate surface area is 125 Å². The van der Waals surface area contributed by atoms with Crippen molar-refractivity contribution < 1.29 is 9.59 Å². The maximum atomic E-state index is 12.4.